The first-order chi connectivity index (χ1) is 7.01. The summed E-state index contributed by atoms with van der Waals surface area (Å²) >= 11 is 0. The molecular weight excluding hydrogens is 190 g/mol. The van der Waals surface area contributed by atoms with E-state index in [1.807, 2.05) is 0 Å². The van der Waals surface area contributed by atoms with Crippen molar-refractivity contribution in [1.82, 2.24) is 9.80 Å². The van der Waals surface area contributed by atoms with Crippen LogP contribution in [0, 0.1) is 0 Å². The summed E-state index contributed by atoms with van der Waals surface area (Å²) in [7, 11) is 3.92. The maximum Gasteiger partial charge on any atom is 0.0589 e. The van der Waals surface area contributed by atoms with Crippen LogP contribution in [-0.4, -0.2) is 68.3 Å². The van der Waals surface area contributed by atoms with Gasteiger partial charge in [-0.2, -0.15) is 0 Å². The molecule has 1 aliphatic heterocycles. The van der Waals surface area contributed by atoms with Gasteiger partial charge in [0.15, 0.2) is 0 Å². The number of methoxy groups -OCH3 is 1. The third kappa shape index (κ3) is 3.14. The van der Waals surface area contributed by atoms with E-state index in [0.717, 1.165) is 32.8 Å². The molecule has 0 spiro atoms. The molecule has 0 aromatic rings. The molecule has 2 N–H and O–H groups in total. The zero-order valence-corrected chi connectivity index (χ0v) is 10.5. The lowest BCUT2D eigenvalue weighted by Crippen LogP contribution is -2.64. The number of piperazine rings is 1. The van der Waals surface area contributed by atoms with Gasteiger partial charge in [0.2, 0.25) is 0 Å². The van der Waals surface area contributed by atoms with Crippen LogP contribution < -0.4 is 5.73 Å². The Labute approximate surface area is 93.4 Å². The summed E-state index contributed by atoms with van der Waals surface area (Å²) in [4.78, 5) is 4.84. The van der Waals surface area contributed by atoms with E-state index in [2.05, 4.69) is 30.7 Å². The van der Waals surface area contributed by atoms with Crippen molar-refractivity contribution in [3.8, 4) is 0 Å². The average molecular weight is 215 g/mol. The summed E-state index contributed by atoms with van der Waals surface area (Å²) < 4.78 is 5.12. The number of hydrogen-bond acceptors (Lipinski definition) is 4. The maximum absolute atomic E-state index is 5.81. The van der Waals surface area contributed by atoms with Crippen molar-refractivity contribution in [3.63, 3.8) is 0 Å². The summed E-state index contributed by atoms with van der Waals surface area (Å²) in [6.07, 6.45) is 0. The largest absolute Gasteiger partial charge is 0.383 e. The lowest BCUT2D eigenvalue weighted by atomic mass is 9.95. The maximum atomic E-state index is 5.81. The predicted octanol–water partition coefficient (Wildman–Crippen LogP) is -0.0139. The highest BCUT2D eigenvalue weighted by Gasteiger charge is 2.36. The molecule has 1 heterocycles. The molecule has 1 rings (SSSR count). The van der Waals surface area contributed by atoms with Crippen LogP contribution in [0.5, 0.6) is 0 Å². The molecular formula is C11H25N3O. The van der Waals surface area contributed by atoms with Crippen molar-refractivity contribution in [2.75, 3.05) is 46.9 Å². The average Bonchev–Trinajstić information content (AvgIpc) is 2.19. The van der Waals surface area contributed by atoms with Crippen molar-refractivity contribution >= 4 is 0 Å². The van der Waals surface area contributed by atoms with Gasteiger partial charge in [0, 0.05) is 44.9 Å². The van der Waals surface area contributed by atoms with E-state index < -0.39 is 0 Å². The molecule has 4 heteroatoms. The number of likely N-dealkylation sites (N-methyl/N-ethyl adjacent to an activating group) is 1. The molecule has 15 heavy (non-hydrogen) atoms. The van der Waals surface area contributed by atoms with Crippen molar-refractivity contribution < 1.29 is 4.74 Å². The monoisotopic (exact) mass is 215 g/mol. The molecule has 4 nitrogen and oxygen atoms in total. The fourth-order valence-corrected chi connectivity index (χ4v) is 2.26. The quantitative estimate of drug-likeness (QED) is 0.716. The van der Waals surface area contributed by atoms with Gasteiger partial charge in [-0.1, -0.05) is 0 Å². The van der Waals surface area contributed by atoms with Crippen LogP contribution in [0.2, 0.25) is 0 Å². The summed E-state index contributed by atoms with van der Waals surface area (Å²) in [6.45, 7) is 9.22. The Kier molecular flexibility index (Phi) is 4.52. The Hall–Kier alpha value is -0.160. The van der Waals surface area contributed by atoms with Gasteiger partial charge in [-0.05, 0) is 20.9 Å². The second kappa shape index (κ2) is 5.25. The lowest BCUT2D eigenvalue weighted by Gasteiger charge is -2.50. The van der Waals surface area contributed by atoms with Gasteiger partial charge in [0.25, 0.3) is 0 Å². The minimum Gasteiger partial charge on any atom is -0.383 e. The van der Waals surface area contributed by atoms with Crippen molar-refractivity contribution in [2.24, 2.45) is 5.73 Å². The van der Waals surface area contributed by atoms with Crippen LogP contribution in [0.4, 0.5) is 0 Å². The first kappa shape index (κ1) is 12.9. The molecule has 0 aliphatic carbocycles. The van der Waals surface area contributed by atoms with E-state index in [0.29, 0.717) is 6.04 Å². The van der Waals surface area contributed by atoms with Gasteiger partial charge >= 0.3 is 0 Å². The Bertz CT molecular complexity index is 196. The topological polar surface area (TPSA) is 41.7 Å². The molecule has 1 saturated heterocycles. The van der Waals surface area contributed by atoms with E-state index in [1.165, 1.54) is 0 Å². The standard InChI is InChI=1S/C11H25N3O/c1-11(2)9-14(5-6-15-4)8-10(7-12)13(11)3/h10H,5-9,12H2,1-4H3. The third-order valence-electron chi connectivity index (χ3n) is 3.47. The first-order valence-electron chi connectivity index (χ1n) is 5.65. The minimum absolute atomic E-state index is 0.204. The fourth-order valence-electron chi connectivity index (χ4n) is 2.26. The van der Waals surface area contributed by atoms with Gasteiger partial charge in [0.05, 0.1) is 6.61 Å². The minimum atomic E-state index is 0.204. The lowest BCUT2D eigenvalue weighted by molar-refractivity contribution is -0.0109. The second-order valence-corrected chi connectivity index (χ2v) is 5.04. The zero-order valence-electron chi connectivity index (χ0n) is 10.5. The first-order valence-corrected chi connectivity index (χ1v) is 5.65. The molecule has 0 aromatic heterocycles. The Balaban J connectivity index is 2.57. The Morgan fingerprint density at radius 1 is 1.47 bits per heavy atom. The molecule has 1 unspecified atom stereocenters. The summed E-state index contributed by atoms with van der Waals surface area (Å²) in [5.74, 6) is 0. The van der Waals surface area contributed by atoms with E-state index in [9.17, 15) is 0 Å². The van der Waals surface area contributed by atoms with Crippen LogP contribution in [0.25, 0.3) is 0 Å². The van der Waals surface area contributed by atoms with Gasteiger partial charge < -0.3 is 10.5 Å². The molecule has 90 valence electrons. The third-order valence-corrected chi connectivity index (χ3v) is 3.47. The highest BCUT2D eigenvalue weighted by atomic mass is 16.5. The van der Waals surface area contributed by atoms with Gasteiger partial charge in [-0.15, -0.1) is 0 Å². The van der Waals surface area contributed by atoms with E-state index >= 15 is 0 Å². The number of nitrogens with two attached hydrogens (primary N) is 1. The molecule has 1 aliphatic rings. The van der Waals surface area contributed by atoms with Crippen molar-refractivity contribution in [2.45, 2.75) is 25.4 Å². The molecule has 0 amide bonds. The Morgan fingerprint density at radius 3 is 2.67 bits per heavy atom. The van der Waals surface area contributed by atoms with Crippen LogP contribution in [0.1, 0.15) is 13.8 Å². The molecule has 0 saturated carbocycles. The van der Waals surface area contributed by atoms with Gasteiger partial charge in [-0.3, -0.25) is 9.80 Å². The zero-order chi connectivity index (χ0) is 11.5. The summed E-state index contributed by atoms with van der Waals surface area (Å²) in [6, 6.07) is 0.464. The van der Waals surface area contributed by atoms with Crippen molar-refractivity contribution in [1.29, 1.82) is 0 Å². The van der Waals surface area contributed by atoms with E-state index in [1.54, 1.807) is 7.11 Å². The Morgan fingerprint density at radius 2 is 2.13 bits per heavy atom. The number of nitrogens with zero attached hydrogens (tertiary/aromatic N) is 2. The molecule has 1 fully saturated rings. The number of hydrogen-bond donors (Lipinski definition) is 1. The molecule has 0 radical (unpaired) electrons. The van der Waals surface area contributed by atoms with Crippen LogP contribution in [-0.2, 0) is 4.74 Å². The second-order valence-electron chi connectivity index (χ2n) is 5.04. The van der Waals surface area contributed by atoms with Crippen LogP contribution in [0.15, 0.2) is 0 Å². The van der Waals surface area contributed by atoms with Gasteiger partial charge in [-0.25, -0.2) is 0 Å². The molecule has 0 aromatic carbocycles. The number of rotatable bonds is 4. The highest BCUT2D eigenvalue weighted by molar-refractivity contribution is 4.94. The fraction of sp³-hybridized carbons (Fsp3) is 1.00. The normalized spacial score (nSPS) is 28.2. The summed E-state index contributed by atoms with van der Waals surface area (Å²) in [5, 5.41) is 0. The highest BCUT2D eigenvalue weighted by Crippen LogP contribution is 2.22. The predicted molar refractivity (Wildman–Crippen MR) is 63.0 cm³/mol. The van der Waals surface area contributed by atoms with E-state index in [-0.39, 0.29) is 5.54 Å². The van der Waals surface area contributed by atoms with Crippen LogP contribution in [0.3, 0.4) is 0 Å². The van der Waals surface area contributed by atoms with Crippen molar-refractivity contribution in [3.05, 3.63) is 0 Å². The summed E-state index contributed by atoms with van der Waals surface area (Å²) in [5.41, 5.74) is 6.01. The molecule has 1 atom stereocenters. The molecule has 0 bridgehead atoms. The van der Waals surface area contributed by atoms with Crippen LogP contribution >= 0.6 is 0 Å². The number of ether oxygens (including phenoxy) is 1. The van der Waals surface area contributed by atoms with E-state index in [4.69, 9.17) is 10.5 Å². The SMILES string of the molecule is COCCN1CC(CN)N(C)C(C)(C)C1. The van der Waals surface area contributed by atoms with Gasteiger partial charge in [0.1, 0.15) is 0 Å². The smallest absolute Gasteiger partial charge is 0.0589 e.